The summed E-state index contributed by atoms with van der Waals surface area (Å²) in [6, 6.07) is 8.32. The molecule has 0 amide bonds. The SMILES string of the molecule is C[CH]=[Zr]([Cl])([Cl])[CH]1C=Cc2ccccc21. The molecule has 0 spiro atoms. The molecule has 0 radical (unpaired) electrons. The molecule has 0 bridgehead atoms. The molecule has 0 aromatic heterocycles. The van der Waals surface area contributed by atoms with Gasteiger partial charge in [-0.3, -0.25) is 0 Å². The fourth-order valence-corrected chi connectivity index (χ4v) is 7.43. The van der Waals surface area contributed by atoms with Crippen molar-refractivity contribution in [2.75, 3.05) is 0 Å². The van der Waals surface area contributed by atoms with Crippen molar-refractivity contribution in [1.82, 2.24) is 0 Å². The molecule has 1 aliphatic rings. The second kappa shape index (κ2) is 4.04. The van der Waals surface area contributed by atoms with E-state index in [1.54, 1.807) is 0 Å². The standard InChI is InChI=1S/C9H7.C2H4.2ClH.Zr/c1-2-5-9-7-3-6-8(9)4-1;1-2;;;/h1-7H;1H,2H3;2*1H;/q;;;;+2/p-2. The summed E-state index contributed by atoms with van der Waals surface area (Å²) in [5.41, 5.74) is 2.56. The summed E-state index contributed by atoms with van der Waals surface area (Å²) >= 11 is -3.01. The van der Waals surface area contributed by atoms with Crippen LogP contribution in [0.3, 0.4) is 0 Å². The van der Waals surface area contributed by atoms with Crippen LogP contribution < -0.4 is 0 Å². The van der Waals surface area contributed by atoms with E-state index < -0.39 is 17.4 Å². The number of rotatable bonds is 1. The molecule has 0 saturated carbocycles. The van der Waals surface area contributed by atoms with Gasteiger partial charge in [0.2, 0.25) is 0 Å². The van der Waals surface area contributed by atoms with Crippen LogP contribution in [-0.4, -0.2) is 3.71 Å². The second-order valence-corrected chi connectivity index (χ2v) is 18.2. The molecule has 1 unspecified atom stereocenters. The maximum absolute atomic E-state index is 6.42. The van der Waals surface area contributed by atoms with Crippen molar-refractivity contribution in [1.29, 1.82) is 0 Å². The van der Waals surface area contributed by atoms with Crippen LogP contribution in [0.1, 0.15) is 21.7 Å². The zero-order valence-electron chi connectivity index (χ0n) is 7.87. The fraction of sp³-hybridized carbons (Fsp3) is 0.182. The van der Waals surface area contributed by atoms with Crippen LogP contribution in [0.15, 0.2) is 30.3 Å². The Labute approximate surface area is 95.5 Å². The van der Waals surface area contributed by atoms with Gasteiger partial charge in [0.05, 0.1) is 0 Å². The Morgan fingerprint density at radius 1 is 1.29 bits per heavy atom. The third-order valence-corrected chi connectivity index (χ3v) is 13.1. The molecule has 0 fully saturated rings. The topological polar surface area (TPSA) is 0 Å². The van der Waals surface area contributed by atoms with E-state index in [0.29, 0.717) is 0 Å². The first-order valence-corrected chi connectivity index (χ1v) is 13.8. The van der Waals surface area contributed by atoms with Crippen LogP contribution in [0.25, 0.3) is 6.08 Å². The van der Waals surface area contributed by atoms with Crippen LogP contribution in [0.5, 0.6) is 0 Å². The number of hydrogen-bond acceptors (Lipinski definition) is 0. The number of fused-ring (bicyclic) bond motifs is 1. The molecule has 0 saturated heterocycles. The molecule has 2 rings (SSSR count). The molecule has 0 aliphatic heterocycles. The Balaban J connectivity index is 2.51. The van der Waals surface area contributed by atoms with E-state index in [0.717, 1.165) is 0 Å². The average molecular weight is 305 g/mol. The van der Waals surface area contributed by atoms with Gasteiger partial charge in [0.15, 0.2) is 0 Å². The summed E-state index contributed by atoms with van der Waals surface area (Å²) in [4.78, 5) is 0. The van der Waals surface area contributed by atoms with Crippen LogP contribution in [0, 0.1) is 0 Å². The van der Waals surface area contributed by atoms with Gasteiger partial charge in [-0.15, -0.1) is 0 Å². The Hall–Kier alpha value is 0.293. The first kappa shape index (κ1) is 10.8. The van der Waals surface area contributed by atoms with Gasteiger partial charge >= 0.3 is 96.2 Å². The molecule has 1 aromatic rings. The van der Waals surface area contributed by atoms with E-state index >= 15 is 0 Å². The van der Waals surface area contributed by atoms with Crippen LogP contribution >= 0.6 is 17.0 Å². The van der Waals surface area contributed by atoms with Crippen LogP contribution in [0.4, 0.5) is 0 Å². The molecule has 1 atom stereocenters. The summed E-state index contributed by atoms with van der Waals surface area (Å²) < 4.78 is 2.32. The molecular weight excluding hydrogens is 294 g/mol. The summed E-state index contributed by atoms with van der Waals surface area (Å²) in [6.07, 6.45) is 4.28. The summed E-state index contributed by atoms with van der Waals surface area (Å²) in [7, 11) is 12.8. The van der Waals surface area contributed by atoms with Gasteiger partial charge in [-0.1, -0.05) is 0 Å². The predicted octanol–water partition coefficient (Wildman–Crippen LogP) is 4.04. The van der Waals surface area contributed by atoms with Crippen molar-refractivity contribution in [3.8, 4) is 0 Å². The van der Waals surface area contributed by atoms with E-state index in [1.165, 1.54) is 11.1 Å². The molecule has 0 nitrogen and oxygen atoms in total. The third kappa shape index (κ3) is 1.83. The van der Waals surface area contributed by atoms with Crippen molar-refractivity contribution >= 4 is 26.8 Å². The van der Waals surface area contributed by atoms with Crippen molar-refractivity contribution in [2.24, 2.45) is 0 Å². The van der Waals surface area contributed by atoms with Gasteiger partial charge in [-0.2, -0.15) is 0 Å². The fourth-order valence-electron chi connectivity index (χ4n) is 1.76. The predicted molar refractivity (Wildman–Crippen MR) is 61.7 cm³/mol. The molecule has 3 heteroatoms. The summed E-state index contributed by atoms with van der Waals surface area (Å²) in [5, 5.41) is 0. The normalized spacial score (nSPS) is 19.5. The Morgan fingerprint density at radius 2 is 2.00 bits per heavy atom. The van der Waals surface area contributed by atoms with Crippen molar-refractivity contribution in [2.45, 2.75) is 10.5 Å². The number of allylic oxidation sites excluding steroid dienone is 1. The van der Waals surface area contributed by atoms with Gasteiger partial charge in [0.25, 0.3) is 0 Å². The molecule has 0 N–H and O–H groups in total. The van der Waals surface area contributed by atoms with Crippen molar-refractivity contribution < 1.29 is 17.4 Å². The minimum atomic E-state index is -3.01. The zero-order chi connectivity index (χ0) is 10.2. The van der Waals surface area contributed by atoms with E-state index in [9.17, 15) is 0 Å². The Kier molecular flexibility index (Phi) is 3.12. The van der Waals surface area contributed by atoms with Gasteiger partial charge < -0.3 is 0 Å². The van der Waals surface area contributed by atoms with Gasteiger partial charge in [-0.25, -0.2) is 0 Å². The van der Waals surface area contributed by atoms with E-state index in [2.05, 4.69) is 24.3 Å². The van der Waals surface area contributed by atoms with Gasteiger partial charge in [-0.05, 0) is 0 Å². The Morgan fingerprint density at radius 3 is 2.71 bits per heavy atom. The molecule has 1 aliphatic carbocycles. The monoisotopic (exact) mass is 303 g/mol. The van der Waals surface area contributed by atoms with E-state index in [4.69, 9.17) is 17.0 Å². The molecular formula is C11H11Cl2Zr. The molecule has 14 heavy (non-hydrogen) atoms. The van der Waals surface area contributed by atoms with E-state index in [1.807, 2.05) is 22.8 Å². The first-order valence-electron chi connectivity index (χ1n) is 4.60. The average Bonchev–Trinajstić information content (AvgIpc) is 2.61. The Bertz CT molecular complexity index is 429. The summed E-state index contributed by atoms with van der Waals surface area (Å²) in [6.45, 7) is 1.98. The molecule has 0 heterocycles. The number of halogens is 2. The van der Waals surface area contributed by atoms with Crippen LogP contribution in [0.2, 0.25) is 0 Å². The van der Waals surface area contributed by atoms with Crippen LogP contribution in [-0.2, 0) is 17.4 Å². The zero-order valence-corrected chi connectivity index (χ0v) is 11.8. The summed E-state index contributed by atoms with van der Waals surface area (Å²) in [5.74, 6) is 0. The number of benzene rings is 1. The van der Waals surface area contributed by atoms with E-state index in [-0.39, 0.29) is 3.63 Å². The number of hydrogen-bond donors (Lipinski definition) is 0. The molecule has 73 valence electrons. The van der Waals surface area contributed by atoms with Gasteiger partial charge in [0, 0.05) is 0 Å². The quantitative estimate of drug-likeness (QED) is 0.734. The van der Waals surface area contributed by atoms with Crippen molar-refractivity contribution in [3.05, 3.63) is 41.5 Å². The third-order valence-electron chi connectivity index (χ3n) is 2.60. The van der Waals surface area contributed by atoms with Crippen molar-refractivity contribution in [3.63, 3.8) is 0 Å². The first-order chi connectivity index (χ1) is 6.65. The molecule has 1 aromatic carbocycles. The maximum atomic E-state index is 6.42. The minimum absolute atomic E-state index is 0.286. The second-order valence-electron chi connectivity index (χ2n) is 3.43. The van der Waals surface area contributed by atoms with Gasteiger partial charge in [0.1, 0.15) is 0 Å².